The summed E-state index contributed by atoms with van der Waals surface area (Å²) in [6.45, 7) is 0. The normalized spacial score (nSPS) is 11.6. The Balaban J connectivity index is 0.00000361. The highest BCUT2D eigenvalue weighted by Crippen LogP contribution is 2.12. The lowest BCUT2D eigenvalue weighted by molar-refractivity contribution is -0.117. The Kier molecular flexibility index (Phi) is 11.1. The molecule has 6 heteroatoms. The van der Waals surface area contributed by atoms with Gasteiger partial charge in [0.15, 0.2) is 0 Å². The summed E-state index contributed by atoms with van der Waals surface area (Å²) < 4.78 is 0. The van der Waals surface area contributed by atoms with E-state index in [2.05, 4.69) is 23.7 Å². The maximum atomic E-state index is 11.8. The van der Waals surface area contributed by atoms with Crippen LogP contribution in [0, 0.1) is 0 Å². The number of carbonyl (C=O) groups excluding carboxylic acids is 1. The minimum Gasteiger partial charge on any atom is -0.325 e. The smallest absolute Gasteiger partial charge is 0.241 e. The van der Waals surface area contributed by atoms with Crippen molar-refractivity contribution in [3.63, 3.8) is 0 Å². The quantitative estimate of drug-likeness (QED) is 0.767. The molecule has 0 fully saturated rings. The third-order valence-corrected chi connectivity index (χ3v) is 4.04. The van der Waals surface area contributed by atoms with E-state index >= 15 is 0 Å². The first kappa shape index (κ1) is 19.6. The average molecular weight is 335 g/mol. The molecular formula is C14H23ClN2OS2. The van der Waals surface area contributed by atoms with Gasteiger partial charge in [-0.1, -0.05) is 12.1 Å². The number of thioether (sulfide) groups is 2. The van der Waals surface area contributed by atoms with Crippen LogP contribution in [0.5, 0.6) is 0 Å². The molecule has 0 aliphatic carbocycles. The Morgan fingerprint density at radius 2 is 1.80 bits per heavy atom. The molecule has 20 heavy (non-hydrogen) atoms. The molecule has 0 aromatic heterocycles. The van der Waals surface area contributed by atoms with Gasteiger partial charge in [0.05, 0.1) is 6.04 Å². The number of nitrogens with one attached hydrogen (secondary N) is 1. The van der Waals surface area contributed by atoms with E-state index in [9.17, 15) is 4.79 Å². The zero-order chi connectivity index (χ0) is 14.1. The summed E-state index contributed by atoms with van der Waals surface area (Å²) in [7, 11) is 0. The van der Waals surface area contributed by atoms with Crippen LogP contribution in [0.2, 0.25) is 0 Å². The molecule has 0 bridgehead atoms. The molecule has 114 valence electrons. The van der Waals surface area contributed by atoms with Crippen molar-refractivity contribution in [2.75, 3.05) is 29.3 Å². The lowest BCUT2D eigenvalue weighted by Gasteiger charge is -2.12. The van der Waals surface area contributed by atoms with Crippen molar-refractivity contribution in [3.8, 4) is 0 Å². The fraction of sp³-hybridized carbons (Fsp3) is 0.500. The molecule has 1 amide bonds. The Labute approximate surface area is 136 Å². The molecule has 0 radical (unpaired) electrons. The van der Waals surface area contributed by atoms with Crippen LogP contribution in [0.4, 0.5) is 5.69 Å². The van der Waals surface area contributed by atoms with E-state index in [1.54, 1.807) is 11.8 Å². The van der Waals surface area contributed by atoms with Crippen molar-refractivity contribution in [1.82, 2.24) is 0 Å². The molecule has 0 aliphatic rings. The average Bonchev–Trinajstić information content (AvgIpc) is 2.43. The third kappa shape index (κ3) is 7.43. The summed E-state index contributed by atoms with van der Waals surface area (Å²) in [6, 6.07) is 7.56. The number of nitrogens with two attached hydrogens (primary N) is 1. The summed E-state index contributed by atoms with van der Waals surface area (Å²) in [6.07, 6.45) is 5.88. The molecule has 1 aromatic carbocycles. The van der Waals surface area contributed by atoms with E-state index < -0.39 is 6.04 Å². The summed E-state index contributed by atoms with van der Waals surface area (Å²) in [5.41, 5.74) is 7.93. The van der Waals surface area contributed by atoms with Gasteiger partial charge in [0.25, 0.3) is 0 Å². The highest BCUT2D eigenvalue weighted by molar-refractivity contribution is 7.98. The van der Waals surface area contributed by atoms with Gasteiger partial charge in [0.2, 0.25) is 5.91 Å². The summed E-state index contributed by atoms with van der Waals surface area (Å²) in [5, 5.41) is 2.86. The van der Waals surface area contributed by atoms with Gasteiger partial charge < -0.3 is 11.1 Å². The van der Waals surface area contributed by atoms with E-state index in [1.165, 1.54) is 5.56 Å². The van der Waals surface area contributed by atoms with Crippen molar-refractivity contribution in [2.24, 2.45) is 5.73 Å². The minimum absolute atomic E-state index is 0. The van der Waals surface area contributed by atoms with Crippen LogP contribution in [0.3, 0.4) is 0 Å². The molecule has 0 saturated heterocycles. The van der Waals surface area contributed by atoms with Gasteiger partial charge in [-0.25, -0.2) is 0 Å². The zero-order valence-electron chi connectivity index (χ0n) is 11.9. The molecular weight excluding hydrogens is 312 g/mol. The SMILES string of the molecule is CSCCc1ccc(NC(=O)[C@@H](N)CCSC)cc1.Cl. The van der Waals surface area contributed by atoms with Gasteiger partial charge in [-0.15, -0.1) is 12.4 Å². The second-order valence-corrected chi connectivity index (χ2v) is 6.29. The number of hydrogen-bond acceptors (Lipinski definition) is 4. The van der Waals surface area contributed by atoms with Gasteiger partial charge in [0, 0.05) is 5.69 Å². The summed E-state index contributed by atoms with van der Waals surface area (Å²) in [5.74, 6) is 1.92. The number of anilines is 1. The van der Waals surface area contributed by atoms with Gasteiger partial charge in [-0.2, -0.15) is 23.5 Å². The van der Waals surface area contributed by atoms with E-state index in [4.69, 9.17) is 5.73 Å². The fourth-order valence-electron chi connectivity index (χ4n) is 1.59. The van der Waals surface area contributed by atoms with Crippen LogP contribution in [0.15, 0.2) is 24.3 Å². The van der Waals surface area contributed by atoms with Crippen LogP contribution in [0.1, 0.15) is 12.0 Å². The first-order valence-electron chi connectivity index (χ1n) is 6.30. The number of carbonyl (C=O) groups is 1. The maximum Gasteiger partial charge on any atom is 0.241 e. The zero-order valence-corrected chi connectivity index (χ0v) is 14.4. The summed E-state index contributed by atoms with van der Waals surface area (Å²) in [4.78, 5) is 11.8. The predicted molar refractivity (Wildman–Crippen MR) is 95.4 cm³/mol. The molecule has 0 aliphatic heterocycles. The second kappa shape index (κ2) is 11.3. The molecule has 0 unspecified atom stereocenters. The van der Waals surface area contributed by atoms with Crippen molar-refractivity contribution >= 4 is 47.5 Å². The van der Waals surface area contributed by atoms with Gasteiger partial charge >= 0.3 is 0 Å². The Bertz CT molecular complexity index is 387. The van der Waals surface area contributed by atoms with Crippen LogP contribution in [0.25, 0.3) is 0 Å². The number of hydrogen-bond donors (Lipinski definition) is 2. The van der Waals surface area contributed by atoms with Crippen molar-refractivity contribution in [2.45, 2.75) is 18.9 Å². The third-order valence-electron chi connectivity index (χ3n) is 2.79. The van der Waals surface area contributed by atoms with Gasteiger partial charge in [0.1, 0.15) is 0 Å². The van der Waals surface area contributed by atoms with E-state index in [0.717, 1.165) is 23.6 Å². The van der Waals surface area contributed by atoms with E-state index in [1.807, 2.05) is 30.2 Å². The largest absolute Gasteiger partial charge is 0.325 e. The number of amides is 1. The Morgan fingerprint density at radius 3 is 2.35 bits per heavy atom. The number of halogens is 1. The molecule has 3 nitrogen and oxygen atoms in total. The number of rotatable bonds is 8. The molecule has 0 saturated carbocycles. The standard InChI is InChI=1S/C14H22N2OS2.ClH/c1-18-9-7-11-3-5-12(6-4-11)16-14(17)13(15)8-10-19-2;/h3-6,13H,7-10,15H2,1-2H3,(H,16,17);1H/t13-;/m0./s1. The number of benzene rings is 1. The predicted octanol–water partition coefficient (Wildman–Crippen LogP) is 3.03. The molecule has 1 atom stereocenters. The van der Waals surface area contributed by atoms with E-state index in [-0.39, 0.29) is 18.3 Å². The topological polar surface area (TPSA) is 55.1 Å². The van der Waals surface area contributed by atoms with Gasteiger partial charge in [-0.3, -0.25) is 4.79 Å². The maximum absolute atomic E-state index is 11.8. The summed E-state index contributed by atoms with van der Waals surface area (Å²) >= 11 is 3.54. The Morgan fingerprint density at radius 1 is 1.20 bits per heavy atom. The highest BCUT2D eigenvalue weighted by atomic mass is 35.5. The molecule has 0 heterocycles. The van der Waals surface area contributed by atoms with Crippen molar-refractivity contribution in [1.29, 1.82) is 0 Å². The first-order chi connectivity index (χ1) is 9.17. The van der Waals surface area contributed by atoms with Gasteiger partial charge in [-0.05, 0) is 54.6 Å². The molecule has 0 spiro atoms. The lowest BCUT2D eigenvalue weighted by Crippen LogP contribution is -2.36. The molecule has 3 N–H and O–H groups in total. The fourth-order valence-corrected chi connectivity index (χ4v) is 2.51. The second-order valence-electron chi connectivity index (χ2n) is 4.32. The highest BCUT2D eigenvalue weighted by Gasteiger charge is 2.12. The van der Waals surface area contributed by atoms with Crippen LogP contribution in [-0.4, -0.2) is 36.0 Å². The Hall–Kier alpha value is -0.360. The lowest BCUT2D eigenvalue weighted by atomic mass is 10.1. The van der Waals surface area contributed by atoms with Crippen molar-refractivity contribution in [3.05, 3.63) is 29.8 Å². The first-order valence-corrected chi connectivity index (χ1v) is 9.09. The van der Waals surface area contributed by atoms with E-state index in [0.29, 0.717) is 6.42 Å². The minimum atomic E-state index is -0.427. The number of aryl methyl sites for hydroxylation is 1. The van der Waals surface area contributed by atoms with Crippen LogP contribution >= 0.6 is 35.9 Å². The molecule has 1 rings (SSSR count). The van der Waals surface area contributed by atoms with Crippen LogP contribution in [-0.2, 0) is 11.2 Å². The van der Waals surface area contributed by atoms with Crippen molar-refractivity contribution < 1.29 is 4.79 Å². The monoisotopic (exact) mass is 334 g/mol. The molecule has 1 aromatic rings. The van der Waals surface area contributed by atoms with Crippen LogP contribution < -0.4 is 11.1 Å².